The van der Waals surface area contributed by atoms with E-state index in [0.29, 0.717) is 25.0 Å². The molecule has 1 atom stereocenters. The minimum absolute atomic E-state index is 0. The molecule has 0 spiro atoms. The molecule has 1 rings (SSSR count). The SMILES string of the molecule is CCC(C)c1ccc(NC(N)=NCCOCCS(C)(=O)=O)cc1.I. The van der Waals surface area contributed by atoms with E-state index >= 15 is 0 Å². The normalized spacial score (nSPS) is 13.2. The van der Waals surface area contributed by atoms with Crippen LogP contribution in [0.1, 0.15) is 31.7 Å². The van der Waals surface area contributed by atoms with Crippen molar-refractivity contribution < 1.29 is 13.2 Å². The van der Waals surface area contributed by atoms with E-state index in [0.717, 1.165) is 12.1 Å². The van der Waals surface area contributed by atoms with E-state index in [9.17, 15) is 8.42 Å². The van der Waals surface area contributed by atoms with Crippen molar-refractivity contribution in [2.75, 3.05) is 37.1 Å². The fourth-order valence-electron chi connectivity index (χ4n) is 1.86. The molecule has 138 valence electrons. The number of halogens is 1. The van der Waals surface area contributed by atoms with Crippen molar-refractivity contribution in [1.82, 2.24) is 0 Å². The summed E-state index contributed by atoms with van der Waals surface area (Å²) in [4.78, 5) is 4.14. The van der Waals surface area contributed by atoms with E-state index in [-0.39, 0.29) is 36.3 Å². The molecule has 6 nitrogen and oxygen atoms in total. The molecule has 8 heteroatoms. The maximum atomic E-state index is 10.9. The number of guanidine groups is 1. The second-order valence-electron chi connectivity index (χ2n) is 5.57. The molecule has 1 unspecified atom stereocenters. The van der Waals surface area contributed by atoms with Gasteiger partial charge in [0.15, 0.2) is 5.96 Å². The van der Waals surface area contributed by atoms with E-state index in [2.05, 4.69) is 36.3 Å². The highest BCUT2D eigenvalue weighted by atomic mass is 127. The third-order valence-corrected chi connectivity index (χ3v) is 4.39. The highest BCUT2D eigenvalue weighted by molar-refractivity contribution is 14.0. The topological polar surface area (TPSA) is 93.8 Å². The number of rotatable bonds is 9. The van der Waals surface area contributed by atoms with Crippen LogP contribution < -0.4 is 11.1 Å². The molecule has 0 aromatic heterocycles. The Morgan fingerprint density at radius 1 is 1.29 bits per heavy atom. The monoisotopic (exact) mass is 469 g/mol. The largest absolute Gasteiger partial charge is 0.378 e. The third kappa shape index (κ3) is 10.1. The Kier molecular flexibility index (Phi) is 11.2. The molecule has 0 radical (unpaired) electrons. The predicted molar refractivity (Wildman–Crippen MR) is 111 cm³/mol. The Hall–Kier alpha value is -0.870. The molecule has 0 heterocycles. The van der Waals surface area contributed by atoms with E-state index in [1.807, 2.05) is 12.1 Å². The minimum Gasteiger partial charge on any atom is -0.378 e. The molecule has 0 aliphatic rings. The number of anilines is 1. The average Bonchev–Trinajstić information content (AvgIpc) is 2.49. The van der Waals surface area contributed by atoms with Gasteiger partial charge in [-0.15, -0.1) is 24.0 Å². The summed E-state index contributed by atoms with van der Waals surface area (Å²) in [7, 11) is -2.98. The Bertz CT molecular complexity index is 603. The van der Waals surface area contributed by atoms with E-state index in [1.165, 1.54) is 11.8 Å². The van der Waals surface area contributed by atoms with Crippen molar-refractivity contribution in [3.05, 3.63) is 29.8 Å². The van der Waals surface area contributed by atoms with E-state index in [1.54, 1.807) is 0 Å². The van der Waals surface area contributed by atoms with Gasteiger partial charge in [0, 0.05) is 11.9 Å². The second kappa shape index (κ2) is 11.6. The number of nitrogens with one attached hydrogen (secondary N) is 1. The molecular formula is C16H28IN3O3S. The van der Waals surface area contributed by atoms with Gasteiger partial charge in [-0.05, 0) is 30.0 Å². The van der Waals surface area contributed by atoms with Crippen molar-refractivity contribution in [2.24, 2.45) is 10.7 Å². The van der Waals surface area contributed by atoms with Crippen LogP contribution in [-0.2, 0) is 14.6 Å². The summed E-state index contributed by atoms with van der Waals surface area (Å²) in [5, 5.41) is 3.02. The molecule has 0 aliphatic heterocycles. The molecule has 1 aromatic rings. The molecule has 0 aliphatic carbocycles. The van der Waals surface area contributed by atoms with Crippen molar-refractivity contribution >= 4 is 45.5 Å². The van der Waals surface area contributed by atoms with Gasteiger partial charge in [0.25, 0.3) is 0 Å². The fraction of sp³-hybridized carbons (Fsp3) is 0.562. The Morgan fingerprint density at radius 2 is 1.92 bits per heavy atom. The van der Waals surface area contributed by atoms with Crippen LogP contribution >= 0.6 is 24.0 Å². The number of nitrogens with two attached hydrogens (primary N) is 1. The summed E-state index contributed by atoms with van der Waals surface area (Å²) in [5.74, 6) is 0.875. The van der Waals surface area contributed by atoms with Crippen LogP contribution in [0.3, 0.4) is 0 Å². The first-order valence-corrected chi connectivity index (χ1v) is 9.80. The lowest BCUT2D eigenvalue weighted by molar-refractivity contribution is 0.157. The first-order chi connectivity index (χ1) is 10.8. The lowest BCUT2D eigenvalue weighted by atomic mass is 9.99. The van der Waals surface area contributed by atoms with Crippen molar-refractivity contribution in [1.29, 1.82) is 0 Å². The van der Waals surface area contributed by atoms with Gasteiger partial charge in [0.05, 0.1) is 25.5 Å². The van der Waals surface area contributed by atoms with Gasteiger partial charge in [0.2, 0.25) is 0 Å². The van der Waals surface area contributed by atoms with Crippen molar-refractivity contribution in [2.45, 2.75) is 26.2 Å². The highest BCUT2D eigenvalue weighted by Gasteiger charge is 2.03. The van der Waals surface area contributed by atoms with E-state index in [4.69, 9.17) is 10.5 Å². The zero-order chi connectivity index (χ0) is 17.3. The van der Waals surface area contributed by atoms with Crippen molar-refractivity contribution in [3.63, 3.8) is 0 Å². The fourth-order valence-corrected chi connectivity index (χ4v) is 2.28. The average molecular weight is 469 g/mol. The second-order valence-corrected chi connectivity index (χ2v) is 7.83. The number of sulfone groups is 1. The van der Waals surface area contributed by atoms with Crippen LogP contribution in [0, 0.1) is 0 Å². The lowest BCUT2D eigenvalue weighted by Crippen LogP contribution is -2.23. The quantitative estimate of drug-likeness (QED) is 0.251. The molecule has 24 heavy (non-hydrogen) atoms. The van der Waals surface area contributed by atoms with E-state index < -0.39 is 9.84 Å². The summed E-state index contributed by atoms with van der Waals surface area (Å²) >= 11 is 0. The van der Waals surface area contributed by atoms with Gasteiger partial charge in [-0.2, -0.15) is 0 Å². The Labute approximate surface area is 162 Å². The van der Waals surface area contributed by atoms with Gasteiger partial charge >= 0.3 is 0 Å². The van der Waals surface area contributed by atoms with Crippen LogP contribution in [0.4, 0.5) is 5.69 Å². The highest BCUT2D eigenvalue weighted by Crippen LogP contribution is 2.20. The first-order valence-electron chi connectivity index (χ1n) is 7.74. The minimum atomic E-state index is -2.98. The molecule has 3 N–H and O–H groups in total. The summed E-state index contributed by atoms with van der Waals surface area (Å²) in [6.07, 6.45) is 2.29. The van der Waals surface area contributed by atoms with Gasteiger partial charge in [-0.1, -0.05) is 26.0 Å². The zero-order valence-electron chi connectivity index (χ0n) is 14.5. The summed E-state index contributed by atoms with van der Waals surface area (Å²) in [6.45, 7) is 5.26. The number of nitrogens with zero attached hydrogens (tertiary/aromatic N) is 1. The molecule has 0 amide bonds. The standard InChI is InChI=1S/C16H27N3O3S.HI/c1-4-13(2)14-5-7-15(8-6-14)19-16(17)18-9-10-22-11-12-23(3,20)21;/h5-8,13H,4,9-12H2,1-3H3,(H3,17,18,19);1H. The molecular weight excluding hydrogens is 441 g/mol. The number of benzene rings is 1. The number of hydrogen-bond donors (Lipinski definition) is 2. The predicted octanol–water partition coefficient (Wildman–Crippen LogP) is 2.61. The molecule has 0 saturated heterocycles. The number of ether oxygens (including phenoxy) is 1. The van der Waals surface area contributed by atoms with Crippen LogP contribution in [0.15, 0.2) is 29.3 Å². The van der Waals surface area contributed by atoms with Crippen LogP contribution in [0.5, 0.6) is 0 Å². The third-order valence-electron chi connectivity index (χ3n) is 3.48. The van der Waals surface area contributed by atoms with Gasteiger partial charge in [-0.3, -0.25) is 4.99 Å². The number of hydrogen-bond acceptors (Lipinski definition) is 4. The smallest absolute Gasteiger partial charge is 0.193 e. The summed E-state index contributed by atoms with van der Waals surface area (Å²) in [5.41, 5.74) is 7.99. The lowest BCUT2D eigenvalue weighted by Gasteiger charge is -2.10. The number of aliphatic imine (C=N–C) groups is 1. The maximum absolute atomic E-state index is 10.9. The first kappa shape index (κ1) is 23.1. The molecule has 0 fully saturated rings. The molecule has 0 saturated carbocycles. The van der Waals surface area contributed by atoms with Gasteiger partial charge < -0.3 is 15.8 Å². The molecule has 1 aromatic carbocycles. The van der Waals surface area contributed by atoms with Crippen molar-refractivity contribution in [3.8, 4) is 0 Å². The Balaban J connectivity index is 0.00000529. The maximum Gasteiger partial charge on any atom is 0.193 e. The van der Waals surface area contributed by atoms with Gasteiger partial charge in [0.1, 0.15) is 9.84 Å². The van der Waals surface area contributed by atoms with Gasteiger partial charge in [-0.25, -0.2) is 8.42 Å². The Morgan fingerprint density at radius 3 is 2.46 bits per heavy atom. The summed E-state index contributed by atoms with van der Waals surface area (Å²) in [6, 6.07) is 8.12. The molecule has 0 bridgehead atoms. The summed E-state index contributed by atoms with van der Waals surface area (Å²) < 4.78 is 27.0. The zero-order valence-corrected chi connectivity index (χ0v) is 17.6. The van der Waals surface area contributed by atoms with Crippen LogP contribution in [0.25, 0.3) is 0 Å². The van der Waals surface area contributed by atoms with Crippen LogP contribution in [0.2, 0.25) is 0 Å². The van der Waals surface area contributed by atoms with Crippen LogP contribution in [-0.4, -0.2) is 46.1 Å².